The van der Waals surface area contributed by atoms with Crippen molar-refractivity contribution in [3.8, 4) is 0 Å². The molecule has 0 N–H and O–H groups in total. The molecule has 2 nitrogen and oxygen atoms in total. The van der Waals surface area contributed by atoms with Crippen molar-refractivity contribution in [1.29, 1.82) is 0 Å². The number of rotatable bonds is 18. The van der Waals surface area contributed by atoms with E-state index < -0.39 is 0 Å². The largest absolute Gasteiger partial charge is 0.253 e. The molecular formula is C28H47N2+. The van der Waals surface area contributed by atoms with Crippen LogP contribution in [0.15, 0.2) is 42.7 Å². The minimum atomic E-state index is 0.971. The standard InChI is InChI=1S/C28H47N2/c1-3-4-5-6-7-8-9-10-11-12-13-14-15-16-20-23-29-24-25-30(27(29)2)26-28-21-18-17-19-22-28/h17-19,21-22,24-25H,3-16,20,23,26H2,1-2H3/q+1. The van der Waals surface area contributed by atoms with Crippen LogP contribution in [0.3, 0.4) is 0 Å². The van der Waals surface area contributed by atoms with E-state index in [1.165, 1.54) is 108 Å². The number of aromatic nitrogens is 2. The molecule has 0 bridgehead atoms. The van der Waals surface area contributed by atoms with E-state index in [1.54, 1.807) is 0 Å². The summed E-state index contributed by atoms with van der Waals surface area (Å²) in [6.07, 6.45) is 25.9. The van der Waals surface area contributed by atoms with Crippen LogP contribution in [-0.2, 0) is 13.1 Å². The molecule has 0 amide bonds. The zero-order valence-electron chi connectivity index (χ0n) is 20.0. The summed E-state index contributed by atoms with van der Waals surface area (Å²) in [5.41, 5.74) is 1.37. The minimum Gasteiger partial charge on any atom is -0.234 e. The molecule has 1 aromatic carbocycles. The second kappa shape index (κ2) is 16.2. The highest BCUT2D eigenvalue weighted by Crippen LogP contribution is 2.13. The summed E-state index contributed by atoms with van der Waals surface area (Å²) in [7, 11) is 0. The third kappa shape index (κ3) is 10.5. The first-order valence-corrected chi connectivity index (χ1v) is 12.9. The summed E-state index contributed by atoms with van der Waals surface area (Å²) in [6.45, 7) is 6.67. The molecular weight excluding hydrogens is 364 g/mol. The number of unbranched alkanes of at least 4 members (excludes halogenated alkanes) is 14. The fraction of sp³-hybridized carbons (Fsp3) is 0.679. The topological polar surface area (TPSA) is 8.81 Å². The Bertz CT molecular complexity index is 644. The zero-order chi connectivity index (χ0) is 21.3. The number of aryl methyl sites for hydroxylation is 1. The number of benzene rings is 1. The van der Waals surface area contributed by atoms with E-state index in [4.69, 9.17) is 0 Å². The summed E-state index contributed by atoms with van der Waals surface area (Å²) >= 11 is 0. The monoisotopic (exact) mass is 411 g/mol. The lowest BCUT2D eigenvalue weighted by Gasteiger charge is -2.04. The third-order valence-electron chi connectivity index (χ3n) is 6.46. The van der Waals surface area contributed by atoms with Gasteiger partial charge in [-0.25, -0.2) is 9.13 Å². The molecule has 0 fully saturated rings. The summed E-state index contributed by atoms with van der Waals surface area (Å²) < 4.78 is 4.78. The van der Waals surface area contributed by atoms with E-state index in [0.717, 1.165) is 13.1 Å². The Kier molecular flexibility index (Phi) is 13.3. The Morgan fingerprint density at radius 2 is 1.17 bits per heavy atom. The predicted molar refractivity (Wildman–Crippen MR) is 130 cm³/mol. The lowest BCUT2D eigenvalue weighted by atomic mass is 10.0. The van der Waals surface area contributed by atoms with E-state index in [9.17, 15) is 0 Å². The van der Waals surface area contributed by atoms with Gasteiger partial charge in [0.1, 0.15) is 18.9 Å². The Morgan fingerprint density at radius 3 is 1.70 bits per heavy atom. The molecule has 0 unspecified atom stereocenters. The zero-order valence-corrected chi connectivity index (χ0v) is 20.0. The number of hydrogen-bond acceptors (Lipinski definition) is 0. The molecule has 0 saturated heterocycles. The number of imidazole rings is 1. The molecule has 1 heterocycles. The molecule has 0 saturated carbocycles. The van der Waals surface area contributed by atoms with Gasteiger partial charge in [0, 0.05) is 6.92 Å². The Balaban J connectivity index is 1.42. The highest BCUT2D eigenvalue weighted by atomic mass is 15.1. The van der Waals surface area contributed by atoms with Crippen molar-refractivity contribution in [2.24, 2.45) is 0 Å². The van der Waals surface area contributed by atoms with Crippen LogP contribution in [-0.4, -0.2) is 4.57 Å². The van der Waals surface area contributed by atoms with Crippen molar-refractivity contribution >= 4 is 0 Å². The Hall–Kier alpha value is -1.57. The van der Waals surface area contributed by atoms with E-state index in [-0.39, 0.29) is 0 Å². The first-order chi connectivity index (χ1) is 14.8. The van der Waals surface area contributed by atoms with Crippen molar-refractivity contribution in [2.75, 3.05) is 0 Å². The quantitative estimate of drug-likeness (QED) is 0.173. The molecule has 2 rings (SSSR count). The predicted octanol–water partition coefficient (Wildman–Crippen LogP) is 8.00. The van der Waals surface area contributed by atoms with E-state index in [1.807, 2.05) is 0 Å². The van der Waals surface area contributed by atoms with Crippen molar-refractivity contribution in [3.63, 3.8) is 0 Å². The third-order valence-corrected chi connectivity index (χ3v) is 6.46. The van der Waals surface area contributed by atoms with Gasteiger partial charge in [0.2, 0.25) is 0 Å². The maximum Gasteiger partial charge on any atom is 0.253 e. The molecule has 2 heteroatoms. The van der Waals surface area contributed by atoms with Gasteiger partial charge in [-0.3, -0.25) is 0 Å². The van der Waals surface area contributed by atoms with E-state index in [2.05, 4.69) is 65.7 Å². The van der Waals surface area contributed by atoms with E-state index >= 15 is 0 Å². The van der Waals surface area contributed by atoms with Crippen molar-refractivity contribution in [2.45, 2.75) is 123 Å². The van der Waals surface area contributed by atoms with Gasteiger partial charge in [0.25, 0.3) is 5.82 Å². The molecule has 168 valence electrons. The summed E-state index contributed by atoms with van der Waals surface area (Å²) in [5, 5.41) is 0. The molecule has 0 aliphatic carbocycles. The van der Waals surface area contributed by atoms with Crippen LogP contribution in [0.1, 0.15) is 115 Å². The average Bonchev–Trinajstić information content (AvgIpc) is 3.11. The van der Waals surface area contributed by atoms with Crippen LogP contribution in [0, 0.1) is 6.92 Å². The van der Waals surface area contributed by atoms with Crippen LogP contribution < -0.4 is 4.57 Å². The summed E-state index contributed by atoms with van der Waals surface area (Å²) in [6, 6.07) is 10.7. The SMILES string of the molecule is CCCCCCCCCCCCCCCCCn1cc[n+](Cc2ccccc2)c1C. The van der Waals surface area contributed by atoms with Crippen molar-refractivity contribution in [3.05, 3.63) is 54.1 Å². The summed E-state index contributed by atoms with van der Waals surface area (Å²) in [5.74, 6) is 1.37. The van der Waals surface area contributed by atoms with E-state index in [0.29, 0.717) is 0 Å². The fourth-order valence-electron chi connectivity index (χ4n) is 4.38. The molecule has 0 atom stereocenters. The molecule has 0 aliphatic rings. The molecule has 0 radical (unpaired) electrons. The summed E-state index contributed by atoms with van der Waals surface area (Å²) in [4.78, 5) is 0. The maximum atomic E-state index is 2.42. The van der Waals surface area contributed by atoms with Crippen LogP contribution in [0.5, 0.6) is 0 Å². The van der Waals surface area contributed by atoms with Crippen molar-refractivity contribution in [1.82, 2.24) is 4.57 Å². The van der Waals surface area contributed by atoms with Crippen LogP contribution >= 0.6 is 0 Å². The van der Waals surface area contributed by atoms with Gasteiger partial charge in [-0.05, 0) is 18.4 Å². The van der Waals surface area contributed by atoms with Gasteiger partial charge in [-0.15, -0.1) is 0 Å². The minimum absolute atomic E-state index is 0.971. The lowest BCUT2D eigenvalue weighted by Crippen LogP contribution is -2.36. The molecule has 0 aliphatic heterocycles. The lowest BCUT2D eigenvalue weighted by molar-refractivity contribution is -0.694. The second-order valence-corrected chi connectivity index (χ2v) is 9.10. The van der Waals surface area contributed by atoms with Crippen molar-refractivity contribution < 1.29 is 4.57 Å². The van der Waals surface area contributed by atoms with Crippen LogP contribution in [0.4, 0.5) is 0 Å². The van der Waals surface area contributed by atoms with Gasteiger partial charge in [-0.1, -0.05) is 121 Å². The first-order valence-electron chi connectivity index (χ1n) is 12.9. The fourth-order valence-corrected chi connectivity index (χ4v) is 4.38. The molecule has 0 spiro atoms. The van der Waals surface area contributed by atoms with Gasteiger partial charge in [-0.2, -0.15) is 0 Å². The number of hydrogen-bond donors (Lipinski definition) is 0. The number of nitrogens with zero attached hydrogens (tertiary/aromatic N) is 2. The van der Waals surface area contributed by atoms with Gasteiger partial charge in [0.15, 0.2) is 0 Å². The normalized spacial score (nSPS) is 11.3. The molecule has 2 aromatic rings. The van der Waals surface area contributed by atoms with Gasteiger partial charge < -0.3 is 0 Å². The molecule has 1 aromatic heterocycles. The second-order valence-electron chi connectivity index (χ2n) is 9.10. The van der Waals surface area contributed by atoms with Crippen LogP contribution in [0.2, 0.25) is 0 Å². The average molecular weight is 412 g/mol. The van der Waals surface area contributed by atoms with Gasteiger partial charge in [0.05, 0.1) is 6.54 Å². The van der Waals surface area contributed by atoms with Gasteiger partial charge >= 0.3 is 0 Å². The smallest absolute Gasteiger partial charge is 0.234 e. The van der Waals surface area contributed by atoms with Crippen LogP contribution in [0.25, 0.3) is 0 Å². The highest BCUT2D eigenvalue weighted by Gasteiger charge is 2.11. The maximum absolute atomic E-state index is 2.42. The first kappa shape index (κ1) is 24.7. The molecule has 30 heavy (non-hydrogen) atoms. The Labute approximate surface area is 186 Å². The highest BCUT2D eigenvalue weighted by molar-refractivity contribution is 5.13. The Morgan fingerprint density at radius 1 is 0.667 bits per heavy atom.